The van der Waals surface area contributed by atoms with Gasteiger partial charge in [-0.2, -0.15) is 0 Å². The summed E-state index contributed by atoms with van der Waals surface area (Å²) in [6, 6.07) is 20.1. The molecule has 0 bridgehead atoms. The van der Waals surface area contributed by atoms with Gasteiger partial charge < -0.3 is 4.57 Å². The number of amides is 2. The first-order valence-corrected chi connectivity index (χ1v) is 14.7. The molecule has 7 heteroatoms. The van der Waals surface area contributed by atoms with Crippen LogP contribution in [0.25, 0.3) is 11.0 Å². The number of carbonyl (C=O) groups excluding carboxylic acids is 2. The van der Waals surface area contributed by atoms with Crippen molar-refractivity contribution >= 4 is 22.8 Å². The molecule has 40 heavy (non-hydrogen) atoms. The zero-order chi connectivity index (χ0) is 27.1. The molecule has 0 spiro atoms. The number of carbonyl (C=O) groups is 2. The molecule has 1 saturated carbocycles. The summed E-state index contributed by atoms with van der Waals surface area (Å²) in [4.78, 5) is 39.7. The lowest BCUT2D eigenvalue weighted by atomic mass is 9.90. The molecule has 4 aromatic rings. The number of rotatable bonds is 10. The van der Waals surface area contributed by atoms with Gasteiger partial charge in [-0.25, -0.2) is 4.98 Å². The lowest BCUT2D eigenvalue weighted by molar-refractivity contribution is 0.0648. The molecule has 2 aliphatic carbocycles. The number of hydrogen-bond donors (Lipinski definition) is 0. The average molecular weight is 534 g/mol. The summed E-state index contributed by atoms with van der Waals surface area (Å²) in [6.07, 6.45) is 9.46. The van der Waals surface area contributed by atoms with E-state index in [0.29, 0.717) is 17.7 Å². The van der Waals surface area contributed by atoms with Crippen molar-refractivity contribution in [2.24, 2.45) is 5.92 Å². The van der Waals surface area contributed by atoms with Crippen LogP contribution in [0.5, 0.6) is 0 Å². The number of unbranched alkanes of at least 4 members (excludes halogenated alkanes) is 1. The zero-order valence-corrected chi connectivity index (χ0v) is 22.8. The molecule has 0 saturated heterocycles. The smallest absolute Gasteiger partial charge is 0.261 e. The van der Waals surface area contributed by atoms with Crippen molar-refractivity contribution < 1.29 is 9.59 Å². The van der Waals surface area contributed by atoms with Crippen LogP contribution in [0.2, 0.25) is 0 Å². The monoisotopic (exact) mass is 533 g/mol. The van der Waals surface area contributed by atoms with Crippen molar-refractivity contribution in [2.75, 3.05) is 13.1 Å². The molecule has 0 N–H and O–H groups in total. The third-order valence-electron chi connectivity index (χ3n) is 8.78. The quantitative estimate of drug-likeness (QED) is 0.190. The summed E-state index contributed by atoms with van der Waals surface area (Å²) < 4.78 is 2.45. The van der Waals surface area contributed by atoms with E-state index in [4.69, 9.17) is 9.97 Å². The van der Waals surface area contributed by atoms with E-state index in [1.165, 1.54) is 34.5 Å². The topological polar surface area (TPSA) is 71.3 Å². The fraction of sp³-hybridized carbons (Fsp3) is 0.394. The summed E-state index contributed by atoms with van der Waals surface area (Å²) in [5.41, 5.74) is 5.87. The van der Waals surface area contributed by atoms with Crippen LogP contribution in [-0.2, 0) is 19.5 Å². The Kier molecular flexibility index (Phi) is 6.68. The van der Waals surface area contributed by atoms with Gasteiger partial charge in [0.2, 0.25) is 0 Å². The molecule has 1 fully saturated rings. The maximum Gasteiger partial charge on any atom is 0.261 e. The molecule has 2 aromatic heterocycles. The highest BCUT2D eigenvalue weighted by atomic mass is 16.2. The van der Waals surface area contributed by atoms with Gasteiger partial charge in [0.1, 0.15) is 5.82 Å². The van der Waals surface area contributed by atoms with E-state index in [0.717, 1.165) is 69.0 Å². The van der Waals surface area contributed by atoms with Gasteiger partial charge in [0.15, 0.2) is 0 Å². The third kappa shape index (κ3) is 4.73. The molecule has 7 nitrogen and oxygen atoms in total. The van der Waals surface area contributed by atoms with Gasteiger partial charge in [0.05, 0.1) is 40.4 Å². The maximum absolute atomic E-state index is 12.9. The molecule has 7 rings (SSSR count). The van der Waals surface area contributed by atoms with Gasteiger partial charge in [-0.1, -0.05) is 30.3 Å². The number of benzene rings is 2. The van der Waals surface area contributed by atoms with Crippen LogP contribution >= 0.6 is 0 Å². The summed E-state index contributed by atoms with van der Waals surface area (Å²) in [7, 11) is 0. The Morgan fingerprint density at radius 1 is 0.875 bits per heavy atom. The number of para-hydroxylation sites is 2. The number of aromatic nitrogens is 3. The molecule has 204 valence electrons. The number of imidazole rings is 1. The lowest BCUT2D eigenvalue weighted by Crippen LogP contribution is -2.35. The molecule has 1 aliphatic heterocycles. The molecule has 0 radical (unpaired) electrons. The van der Waals surface area contributed by atoms with Crippen molar-refractivity contribution in [3.63, 3.8) is 0 Å². The summed E-state index contributed by atoms with van der Waals surface area (Å²) in [5, 5.41) is 0. The average Bonchev–Trinajstić information content (AvgIpc) is 3.71. The van der Waals surface area contributed by atoms with Crippen molar-refractivity contribution in [3.8, 4) is 0 Å². The van der Waals surface area contributed by atoms with E-state index in [1.807, 2.05) is 24.4 Å². The number of aryl methyl sites for hydroxylation is 1. The van der Waals surface area contributed by atoms with Crippen LogP contribution in [-0.4, -0.2) is 49.2 Å². The molecule has 1 unspecified atom stereocenters. The summed E-state index contributed by atoms with van der Waals surface area (Å²) >= 11 is 0. The lowest BCUT2D eigenvalue weighted by Gasteiger charge is -2.35. The van der Waals surface area contributed by atoms with Gasteiger partial charge in [0, 0.05) is 19.3 Å². The fourth-order valence-electron chi connectivity index (χ4n) is 6.50. The van der Waals surface area contributed by atoms with Crippen molar-refractivity contribution in [1.82, 2.24) is 24.3 Å². The minimum Gasteiger partial charge on any atom is -0.327 e. The Morgan fingerprint density at radius 2 is 1.65 bits per heavy atom. The van der Waals surface area contributed by atoms with Crippen molar-refractivity contribution in [1.29, 1.82) is 0 Å². The normalized spacial score (nSPS) is 18.5. The van der Waals surface area contributed by atoms with Gasteiger partial charge in [-0.05, 0) is 93.3 Å². The fourth-order valence-corrected chi connectivity index (χ4v) is 6.50. The van der Waals surface area contributed by atoms with E-state index >= 15 is 0 Å². The highest BCUT2D eigenvalue weighted by molar-refractivity contribution is 6.21. The van der Waals surface area contributed by atoms with E-state index in [9.17, 15) is 9.59 Å². The number of imide groups is 1. The summed E-state index contributed by atoms with van der Waals surface area (Å²) in [6.45, 7) is 3.09. The second kappa shape index (κ2) is 10.6. The van der Waals surface area contributed by atoms with E-state index in [-0.39, 0.29) is 17.9 Å². The second-order valence-electron chi connectivity index (χ2n) is 11.5. The van der Waals surface area contributed by atoms with E-state index in [1.54, 1.807) is 12.1 Å². The Bertz CT molecular complexity index is 1540. The zero-order valence-electron chi connectivity index (χ0n) is 22.8. The number of nitrogens with zero attached hydrogens (tertiary/aromatic N) is 5. The van der Waals surface area contributed by atoms with Gasteiger partial charge in [-0.15, -0.1) is 0 Å². The first-order valence-electron chi connectivity index (χ1n) is 14.7. The van der Waals surface area contributed by atoms with Crippen LogP contribution in [0.1, 0.15) is 82.4 Å². The van der Waals surface area contributed by atoms with Gasteiger partial charge >= 0.3 is 0 Å². The Balaban J connectivity index is 1.12. The predicted molar refractivity (Wildman–Crippen MR) is 154 cm³/mol. The molecule has 2 aromatic carbocycles. The molecular weight excluding hydrogens is 498 g/mol. The van der Waals surface area contributed by atoms with Crippen LogP contribution < -0.4 is 0 Å². The molecular formula is C33H35N5O2. The Hall–Kier alpha value is -3.84. The predicted octanol–water partition coefficient (Wildman–Crippen LogP) is 5.80. The highest BCUT2D eigenvalue weighted by Crippen LogP contribution is 2.36. The van der Waals surface area contributed by atoms with E-state index in [2.05, 4.69) is 39.8 Å². The van der Waals surface area contributed by atoms with E-state index < -0.39 is 0 Å². The molecule has 1 atom stereocenters. The Labute approximate surface area is 234 Å². The first-order chi connectivity index (χ1) is 19.7. The maximum atomic E-state index is 12.9. The van der Waals surface area contributed by atoms with Crippen LogP contribution in [0.4, 0.5) is 0 Å². The van der Waals surface area contributed by atoms with Crippen LogP contribution in [0.15, 0.2) is 66.9 Å². The first kappa shape index (κ1) is 25.1. The molecule has 3 aliphatic rings. The number of hydrogen-bond acceptors (Lipinski definition) is 5. The minimum atomic E-state index is -0.170. The molecule has 2 amide bonds. The highest BCUT2D eigenvalue weighted by Gasteiger charge is 2.35. The number of pyridine rings is 1. The van der Waals surface area contributed by atoms with Crippen molar-refractivity contribution in [2.45, 2.75) is 64.1 Å². The molecule has 3 heterocycles. The summed E-state index contributed by atoms with van der Waals surface area (Å²) in [5.74, 6) is 1.53. The minimum absolute atomic E-state index is 0.170. The third-order valence-corrected chi connectivity index (χ3v) is 8.78. The standard InChI is InChI=1S/C33H35N5O2/c39-32-25-11-1-2-12-26(25)33(40)37(32)20-6-5-19-36(29-15-7-9-24-10-8-18-34-31(24)29)22-30-35-27-13-3-4-14-28(27)38(30)21-23-16-17-23/h1-4,8,10-14,18,23,29H,5-7,9,15-17,19-22H2. The van der Waals surface area contributed by atoms with Gasteiger partial charge in [0.25, 0.3) is 11.8 Å². The van der Waals surface area contributed by atoms with Gasteiger partial charge in [-0.3, -0.25) is 24.4 Å². The van der Waals surface area contributed by atoms with Crippen molar-refractivity contribution in [3.05, 3.63) is 95.1 Å². The number of fused-ring (bicyclic) bond motifs is 3. The second-order valence-corrected chi connectivity index (χ2v) is 11.5. The Morgan fingerprint density at radius 3 is 2.45 bits per heavy atom. The largest absolute Gasteiger partial charge is 0.327 e. The van der Waals surface area contributed by atoms with Crippen LogP contribution in [0.3, 0.4) is 0 Å². The van der Waals surface area contributed by atoms with Crippen LogP contribution in [0, 0.1) is 5.92 Å². The SMILES string of the molecule is O=C1c2ccccc2C(=O)N1CCCCN(Cc1nc2ccccc2n1CC1CC1)C1CCCc2cccnc21.